The first-order valence-electron chi connectivity index (χ1n) is 8.70. The van der Waals surface area contributed by atoms with Crippen LogP contribution in [0.2, 0.25) is 0 Å². The smallest absolute Gasteiger partial charge is 0.345 e. The van der Waals surface area contributed by atoms with Gasteiger partial charge in [-0.25, -0.2) is 4.79 Å². The first-order chi connectivity index (χ1) is 12.5. The lowest BCUT2D eigenvalue weighted by molar-refractivity contribution is -0.173. The molecule has 0 amide bonds. The predicted octanol–water partition coefficient (Wildman–Crippen LogP) is 2.38. The third kappa shape index (κ3) is 1.89. The van der Waals surface area contributed by atoms with Crippen LogP contribution in [0.3, 0.4) is 0 Å². The molecule has 0 radical (unpaired) electrons. The Morgan fingerprint density at radius 2 is 1.77 bits per heavy atom. The fourth-order valence-corrected chi connectivity index (χ4v) is 4.76. The summed E-state index contributed by atoms with van der Waals surface area (Å²) in [5, 5.41) is 11.6. The molecule has 0 bridgehead atoms. The van der Waals surface area contributed by atoms with E-state index in [2.05, 4.69) is 0 Å². The molecule has 0 aliphatic carbocycles. The molecule has 3 atom stereocenters. The molecular formula is C21H21NO4. The normalized spacial score (nSPS) is 29.2. The lowest BCUT2D eigenvalue weighted by Gasteiger charge is -2.40. The zero-order valence-electron chi connectivity index (χ0n) is 14.8. The van der Waals surface area contributed by atoms with Gasteiger partial charge < -0.3 is 14.7 Å². The Hall–Kier alpha value is -2.66. The van der Waals surface area contributed by atoms with Crippen molar-refractivity contribution in [1.29, 1.82) is 0 Å². The van der Waals surface area contributed by atoms with Crippen molar-refractivity contribution < 1.29 is 19.4 Å². The maximum absolute atomic E-state index is 12.9. The van der Waals surface area contributed by atoms with E-state index in [4.69, 9.17) is 4.74 Å². The second-order valence-electron chi connectivity index (χ2n) is 7.06. The molecule has 134 valence electrons. The van der Waals surface area contributed by atoms with Gasteiger partial charge in [0, 0.05) is 23.7 Å². The van der Waals surface area contributed by atoms with Gasteiger partial charge in [0.15, 0.2) is 5.78 Å². The Kier molecular flexibility index (Phi) is 3.66. The standard InChI is InChI=1S/C21H21NO4/c1-14(23)20-12-16(15-8-4-3-5-9-15)13-22(20)18-11-7-6-10-17(18)21(20,25)19(24)26-2/h3-11,16,25H,12-13H2,1-2H3/t16-,20+,21-/m0/s1. The van der Waals surface area contributed by atoms with Crippen LogP contribution in [0, 0.1) is 0 Å². The van der Waals surface area contributed by atoms with Crippen molar-refractivity contribution in [2.45, 2.75) is 30.4 Å². The number of anilines is 1. The van der Waals surface area contributed by atoms with Crippen molar-refractivity contribution in [2.24, 2.45) is 0 Å². The topological polar surface area (TPSA) is 66.8 Å². The zero-order chi connectivity index (χ0) is 18.5. The first kappa shape index (κ1) is 16.8. The summed E-state index contributed by atoms with van der Waals surface area (Å²) in [7, 11) is 1.24. The zero-order valence-corrected chi connectivity index (χ0v) is 14.8. The molecule has 26 heavy (non-hydrogen) atoms. The van der Waals surface area contributed by atoms with Crippen molar-refractivity contribution in [2.75, 3.05) is 18.6 Å². The van der Waals surface area contributed by atoms with Crippen LogP contribution in [0.1, 0.15) is 30.4 Å². The van der Waals surface area contributed by atoms with Gasteiger partial charge in [0.05, 0.1) is 7.11 Å². The molecule has 0 spiro atoms. The van der Waals surface area contributed by atoms with Gasteiger partial charge in [-0.3, -0.25) is 4.79 Å². The lowest BCUT2D eigenvalue weighted by atomic mass is 9.72. The second-order valence-corrected chi connectivity index (χ2v) is 7.06. The Morgan fingerprint density at radius 3 is 2.42 bits per heavy atom. The van der Waals surface area contributed by atoms with Crippen molar-refractivity contribution >= 4 is 17.4 Å². The number of methoxy groups -OCH3 is 1. The molecule has 0 unspecified atom stereocenters. The summed E-state index contributed by atoms with van der Waals surface area (Å²) >= 11 is 0. The molecule has 1 fully saturated rings. The highest BCUT2D eigenvalue weighted by molar-refractivity contribution is 6.04. The molecule has 2 aromatic carbocycles. The SMILES string of the molecule is COC(=O)[C@@]1(O)c2ccccc2N2C[C@@H](c3ccccc3)C[C@]21C(C)=O. The van der Waals surface area contributed by atoms with Crippen LogP contribution in [0.15, 0.2) is 54.6 Å². The highest BCUT2D eigenvalue weighted by Gasteiger charge is 2.71. The quantitative estimate of drug-likeness (QED) is 0.860. The highest BCUT2D eigenvalue weighted by Crippen LogP contribution is 2.58. The maximum atomic E-state index is 12.9. The summed E-state index contributed by atoms with van der Waals surface area (Å²) in [5.74, 6) is -0.999. The number of nitrogens with zero attached hydrogens (tertiary/aromatic N) is 1. The number of aliphatic hydroxyl groups is 1. The van der Waals surface area contributed by atoms with Gasteiger partial charge in [-0.15, -0.1) is 0 Å². The van der Waals surface area contributed by atoms with E-state index in [0.717, 1.165) is 5.56 Å². The van der Waals surface area contributed by atoms with E-state index >= 15 is 0 Å². The van der Waals surface area contributed by atoms with Crippen LogP contribution in [0.25, 0.3) is 0 Å². The number of esters is 1. The van der Waals surface area contributed by atoms with E-state index in [9.17, 15) is 14.7 Å². The number of Topliss-reactive ketones (excluding diaryl/α,β-unsaturated/α-hetero) is 1. The van der Waals surface area contributed by atoms with Crippen molar-refractivity contribution in [3.8, 4) is 0 Å². The molecule has 0 saturated carbocycles. The molecule has 2 aliphatic rings. The van der Waals surface area contributed by atoms with E-state index in [1.165, 1.54) is 14.0 Å². The van der Waals surface area contributed by atoms with Crippen LogP contribution in [-0.2, 0) is 19.9 Å². The molecule has 1 saturated heterocycles. The number of ketones is 1. The van der Waals surface area contributed by atoms with Gasteiger partial charge in [-0.2, -0.15) is 0 Å². The predicted molar refractivity (Wildman–Crippen MR) is 96.9 cm³/mol. The lowest BCUT2D eigenvalue weighted by Crippen LogP contribution is -2.63. The second kappa shape index (κ2) is 5.68. The summed E-state index contributed by atoms with van der Waals surface area (Å²) in [6.45, 7) is 2.00. The van der Waals surface area contributed by atoms with E-state index < -0.39 is 17.1 Å². The largest absolute Gasteiger partial charge is 0.467 e. The number of para-hydroxylation sites is 1. The van der Waals surface area contributed by atoms with E-state index in [-0.39, 0.29) is 11.7 Å². The monoisotopic (exact) mass is 351 g/mol. The molecule has 2 aromatic rings. The van der Waals surface area contributed by atoms with E-state index in [1.54, 1.807) is 12.1 Å². The third-order valence-electron chi connectivity index (χ3n) is 5.92. The summed E-state index contributed by atoms with van der Waals surface area (Å²) in [6, 6.07) is 17.1. The molecule has 1 N–H and O–H groups in total. The number of fused-ring (bicyclic) bond motifs is 3. The van der Waals surface area contributed by atoms with Crippen molar-refractivity contribution in [1.82, 2.24) is 0 Å². The van der Waals surface area contributed by atoms with Gasteiger partial charge >= 0.3 is 5.97 Å². The van der Waals surface area contributed by atoms with Crippen LogP contribution in [0.4, 0.5) is 5.69 Å². The molecule has 2 aliphatic heterocycles. The Bertz CT molecular complexity index is 881. The number of ether oxygens (including phenoxy) is 1. The number of carbonyl (C=O) groups is 2. The number of carbonyl (C=O) groups excluding carboxylic acids is 2. The van der Waals surface area contributed by atoms with Crippen LogP contribution < -0.4 is 4.90 Å². The van der Waals surface area contributed by atoms with Gasteiger partial charge in [0.2, 0.25) is 5.60 Å². The van der Waals surface area contributed by atoms with Crippen LogP contribution in [0.5, 0.6) is 0 Å². The molecule has 5 heteroatoms. The summed E-state index contributed by atoms with van der Waals surface area (Å²) < 4.78 is 4.95. The van der Waals surface area contributed by atoms with Crippen molar-refractivity contribution in [3.63, 3.8) is 0 Å². The van der Waals surface area contributed by atoms with Gasteiger partial charge in [-0.1, -0.05) is 48.5 Å². The number of rotatable bonds is 3. The van der Waals surface area contributed by atoms with E-state index in [1.807, 2.05) is 47.4 Å². The summed E-state index contributed by atoms with van der Waals surface area (Å²) in [5.41, 5.74) is -1.13. The van der Waals surface area contributed by atoms with Crippen molar-refractivity contribution in [3.05, 3.63) is 65.7 Å². The van der Waals surface area contributed by atoms with E-state index in [0.29, 0.717) is 24.2 Å². The van der Waals surface area contributed by atoms with Gasteiger partial charge in [0.25, 0.3) is 0 Å². The average Bonchev–Trinajstić information content (AvgIpc) is 3.17. The number of hydrogen-bond donors (Lipinski definition) is 1. The highest BCUT2D eigenvalue weighted by atomic mass is 16.5. The molecule has 2 heterocycles. The van der Waals surface area contributed by atoms with Gasteiger partial charge in [0.1, 0.15) is 5.54 Å². The molecule has 5 nitrogen and oxygen atoms in total. The van der Waals surface area contributed by atoms with Crippen LogP contribution >= 0.6 is 0 Å². The fourth-order valence-electron chi connectivity index (χ4n) is 4.76. The Labute approximate surface area is 152 Å². The minimum atomic E-state index is -2.02. The molecule has 4 rings (SSSR count). The molecule has 0 aromatic heterocycles. The Morgan fingerprint density at radius 1 is 1.12 bits per heavy atom. The van der Waals surface area contributed by atoms with Crippen LogP contribution in [-0.4, -0.2) is 36.1 Å². The first-order valence-corrected chi connectivity index (χ1v) is 8.70. The minimum absolute atomic E-state index is 0.0321. The molecular weight excluding hydrogens is 330 g/mol. The van der Waals surface area contributed by atoms with Gasteiger partial charge in [-0.05, 0) is 25.0 Å². The number of benzene rings is 2. The third-order valence-corrected chi connectivity index (χ3v) is 5.92. The Balaban J connectivity index is 1.93. The maximum Gasteiger partial charge on any atom is 0.345 e. The fraction of sp³-hybridized carbons (Fsp3) is 0.333. The minimum Gasteiger partial charge on any atom is -0.467 e. The summed E-state index contributed by atoms with van der Waals surface area (Å²) in [6.07, 6.45) is 0.354. The average molecular weight is 351 g/mol. The summed E-state index contributed by atoms with van der Waals surface area (Å²) in [4.78, 5) is 27.6. The number of hydrogen-bond acceptors (Lipinski definition) is 5.